The summed E-state index contributed by atoms with van der Waals surface area (Å²) in [6.45, 7) is 5.54. The number of carbonyl (C=O) groups excluding carboxylic acids is 1. The number of carbonyl (C=O) groups is 1. The molecule has 24 heavy (non-hydrogen) atoms. The van der Waals surface area contributed by atoms with E-state index >= 15 is 0 Å². The summed E-state index contributed by atoms with van der Waals surface area (Å²) in [4.78, 5) is 38.8. The van der Waals surface area contributed by atoms with Crippen molar-refractivity contribution in [3.63, 3.8) is 0 Å². The zero-order chi connectivity index (χ0) is 17.9. The molecule has 2 aromatic heterocycles. The number of anilines is 1. The predicted octanol–water partition coefficient (Wildman–Crippen LogP) is 0.341. The van der Waals surface area contributed by atoms with Crippen molar-refractivity contribution in [3.05, 3.63) is 45.4 Å². The molecule has 8 heteroatoms. The fourth-order valence-corrected chi connectivity index (χ4v) is 2.10. The van der Waals surface area contributed by atoms with Crippen LogP contribution in [0.5, 0.6) is 0 Å². The normalized spacial score (nSPS) is 10.5. The summed E-state index contributed by atoms with van der Waals surface area (Å²) in [5, 5.41) is 2.77. The van der Waals surface area contributed by atoms with Crippen LogP contribution in [0.4, 0.5) is 5.95 Å². The van der Waals surface area contributed by atoms with Gasteiger partial charge in [0.1, 0.15) is 6.54 Å². The molecule has 128 valence electrons. The Morgan fingerprint density at radius 1 is 1.25 bits per heavy atom. The number of rotatable bonds is 5. The first-order valence-electron chi connectivity index (χ1n) is 7.59. The first kappa shape index (κ1) is 17.6. The third kappa shape index (κ3) is 4.15. The Bertz CT molecular complexity index is 813. The minimum atomic E-state index is -0.273. The molecule has 2 aromatic rings. The molecule has 0 aliphatic rings. The molecule has 0 fully saturated rings. The molecule has 2 heterocycles. The zero-order valence-corrected chi connectivity index (χ0v) is 14.6. The van der Waals surface area contributed by atoms with Gasteiger partial charge in [-0.1, -0.05) is 0 Å². The van der Waals surface area contributed by atoms with Crippen molar-refractivity contribution in [2.45, 2.75) is 33.9 Å². The lowest BCUT2D eigenvalue weighted by Crippen LogP contribution is -2.33. The van der Waals surface area contributed by atoms with Gasteiger partial charge in [-0.15, -0.1) is 0 Å². The number of nitrogens with one attached hydrogen (secondary N) is 1. The van der Waals surface area contributed by atoms with Gasteiger partial charge < -0.3 is 10.2 Å². The molecular weight excluding hydrogens is 308 g/mol. The molecular formula is C16H22N6O2. The van der Waals surface area contributed by atoms with E-state index in [4.69, 9.17) is 0 Å². The third-order valence-electron chi connectivity index (χ3n) is 3.59. The van der Waals surface area contributed by atoms with Gasteiger partial charge in [0.2, 0.25) is 11.9 Å². The van der Waals surface area contributed by atoms with Crippen molar-refractivity contribution < 1.29 is 4.79 Å². The summed E-state index contributed by atoms with van der Waals surface area (Å²) in [5.74, 6) is 0.318. The molecule has 0 aliphatic carbocycles. The lowest BCUT2D eigenvalue weighted by atomic mass is 10.3. The molecule has 0 radical (unpaired) electrons. The maximum Gasteiger partial charge on any atom is 0.256 e. The largest absolute Gasteiger partial charge is 0.349 e. The number of hydrogen-bond acceptors (Lipinski definition) is 6. The van der Waals surface area contributed by atoms with Crippen LogP contribution >= 0.6 is 0 Å². The number of amides is 1. The van der Waals surface area contributed by atoms with E-state index in [1.807, 2.05) is 27.1 Å². The first-order valence-corrected chi connectivity index (χ1v) is 7.59. The minimum absolute atomic E-state index is 0.0719. The molecule has 1 N–H and O–H groups in total. The minimum Gasteiger partial charge on any atom is -0.349 e. The Labute approximate surface area is 140 Å². The third-order valence-corrected chi connectivity index (χ3v) is 3.59. The monoisotopic (exact) mass is 330 g/mol. The van der Waals surface area contributed by atoms with E-state index in [9.17, 15) is 9.59 Å². The highest BCUT2D eigenvalue weighted by molar-refractivity contribution is 5.75. The van der Waals surface area contributed by atoms with E-state index in [0.29, 0.717) is 22.9 Å². The topological polar surface area (TPSA) is 93.0 Å². The highest BCUT2D eigenvalue weighted by Gasteiger charge is 2.09. The van der Waals surface area contributed by atoms with Crippen LogP contribution in [0.15, 0.2) is 17.2 Å². The Balaban J connectivity index is 2.04. The summed E-state index contributed by atoms with van der Waals surface area (Å²) in [6.07, 6.45) is 1.39. The van der Waals surface area contributed by atoms with Gasteiger partial charge in [0.15, 0.2) is 0 Å². The molecule has 2 rings (SSSR count). The SMILES string of the molecule is Cc1cc(CNC(=O)Cn2cnc(C)c(C)c2=O)nc(N(C)C)n1. The Hall–Kier alpha value is -2.77. The highest BCUT2D eigenvalue weighted by Crippen LogP contribution is 2.07. The smallest absolute Gasteiger partial charge is 0.256 e. The Morgan fingerprint density at radius 3 is 2.62 bits per heavy atom. The molecule has 0 saturated carbocycles. The second kappa shape index (κ2) is 7.20. The van der Waals surface area contributed by atoms with Crippen LogP contribution < -0.4 is 15.8 Å². The van der Waals surface area contributed by atoms with Crippen LogP contribution in [0.2, 0.25) is 0 Å². The van der Waals surface area contributed by atoms with Gasteiger partial charge in [0.05, 0.1) is 18.6 Å². The van der Waals surface area contributed by atoms with Crippen LogP contribution in [0.3, 0.4) is 0 Å². The van der Waals surface area contributed by atoms with E-state index < -0.39 is 0 Å². The van der Waals surface area contributed by atoms with Crippen LogP contribution in [0.25, 0.3) is 0 Å². The summed E-state index contributed by atoms with van der Waals surface area (Å²) < 4.78 is 1.30. The van der Waals surface area contributed by atoms with Crippen LogP contribution in [-0.2, 0) is 17.9 Å². The summed E-state index contributed by atoms with van der Waals surface area (Å²) >= 11 is 0. The number of nitrogens with zero attached hydrogens (tertiary/aromatic N) is 5. The van der Waals surface area contributed by atoms with Crippen molar-refractivity contribution >= 4 is 11.9 Å². The molecule has 0 atom stereocenters. The van der Waals surface area contributed by atoms with E-state index in [2.05, 4.69) is 20.3 Å². The van der Waals surface area contributed by atoms with Gasteiger partial charge >= 0.3 is 0 Å². The van der Waals surface area contributed by atoms with Crippen molar-refractivity contribution in [2.24, 2.45) is 0 Å². The summed E-state index contributed by atoms with van der Waals surface area (Å²) in [6, 6.07) is 1.82. The second-order valence-corrected chi connectivity index (χ2v) is 5.86. The average Bonchev–Trinajstić information content (AvgIpc) is 2.53. The standard InChI is InChI=1S/C16H22N6O2/c1-10-6-13(20-16(19-10)21(4)5)7-17-14(23)8-22-9-18-12(3)11(2)15(22)24/h6,9H,7-8H2,1-5H3,(H,17,23). The van der Waals surface area contributed by atoms with Crippen LogP contribution in [0.1, 0.15) is 22.6 Å². The van der Waals surface area contributed by atoms with Gasteiger partial charge in [-0.3, -0.25) is 14.2 Å². The fourth-order valence-electron chi connectivity index (χ4n) is 2.10. The van der Waals surface area contributed by atoms with Gasteiger partial charge in [-0.25, -0.2) is 15.0 Å². The predicted molar refractivity (Wildman–Crippen MR) is 90.9 cm³/mol. The average molecular weight is 330 g/mol. The molecule has 0 unspecified atom stereocenters. The Kier molecular flexibility index (Phi) is 5.28. The second-order valence-electron chi connectivity index (χ2n) is 5.86. The van der Waals surface area contributed by atoms with Crippen molar-refractivity contribution in [1.29, 1.82) is 0 Å². The van der Waals surface area contributed by atoms with Crippen molar-refractivity contribution in [1.82, 2.24) is 24.8 Å². The summed E-state index contributed by atoms with van der Waals surface area (Å²) in [7, 11) is 3.71. The van der Waals surface area contributed by atoms with E-state index in [1.54, 1.807) is 18.7 Å². The van der Waals surface area contributed by atoms with Crippen molar-refractivity contribution in [2.75, 3.05) is 19.0 Å². The van der Waals surface area contributed by atoms with Gasteiger partial charge in [-0.2, -0.15) is 0 Å². The molecule has 8 nitrogen and oxygen atoms in total. The van der Waals surface area contributed by atoms with Crippen molar-refractivity contribution in [3.8, 4) is 0 Å². The molecule has 0 bridgehead atoms. The van der Waals surface area contributed by atoms with Crippen LogP contribution in [-0.4, -0.2) is 39.5 Å². The summed E-state index contributed by atoms with van der Waals surface area (Å²) in [5.41, 5.74) is 2.56. The Morgan fingerprint density at radius 2 is 1.96 bits per heavy atom. The fraction of sp³-hybridized carbons (Fsp3) is 0.438. The lowest BCUT2D eigenvalue weighted by molar-refractivity contribution is -0.121. The van der Waals surface area contributed by atoms with Gasteiger partial charge in [0, 0.05) is 31.0 Å². The molecule has 0 saturated heterocycles. The number of aryl methyl sites for hydroxylation is 2. The van der Waals surface area contributed by atoms with E-state index in [1.165, 1.54) is 10.9 Å². The zero-order valence-electron chi connectivity index (χ0n) is 14.6. The molecule has 0 spiro atoms. The van der Waals surface area contributed by atoms with E-state index in [0.717, 1.165) is 5.69 Å². The number of hydrogen-bond donors (Lipinski definition) is 1. The molecule has 0 aliphatic heterocycles. The molecule has 1 amide bonds. The van der Waals surface area contributed by atoms with E-state index in [-0.39, 0.29) is 24.6 Å². The molecule has 0 aromatic carbocycles. The first-order chi connectivity index (χ1) is 11.3. The maximum absolute atomic E-state index is 12.1. The van der Waals surface area contributed by atoms with Crippen LogP contribution in [0, 0.1) is 20.8 Å². The number of aromatic nitrogens is 4. The lowest BCUT2D eigenvalue weighted by Gasteiger charge is -2.13. The highest BCUT2D eigenvalue weighted by atomic mass is 16.2. The van der Waals surface area contributed by atoms with Gasteiger partial charge in [-0.05, 0) is 26.8 Å². The maximum atomic E-state index is 12.1. The quantitative estimate of drug-likeness (QED) is 0.850. The van der Waals surface area contributed by atoms with Gasteiger partial charge in [0.25, 0.3) is 5.56 Å².